The average Bonchev–Trinajstić information content (AvgIpc) is 3.04. The van der Waals surface area contributed by atoms with Crippen LogP contribution in [0.25, 0.3) is 10.8 Å². The number of amides is 1. The second kappa shape index (κ2) is 7.36. The number of carbonyl (C=O) groups is 1. The van der Waals surface area contributed by atoms with Crippen LogP contribution in [-0.2, 0) is 16.4 Å². The van der Waals surface area contributed by atoms with Gasteiger partial charge in [0.15, 0.2) is 9.84 Å². The summed E-state index contributed by atoms with van der Waals surface area (Å²) in [5.41, 5.74) is 1.16. The van der Waals surface area contributed by atoms with Crippen molar-refractivity contribution < 1.29 is 17.6 Å². The molecule has 0 bridgehead atoms. The van der Waals surface area contributed by atoms with Gasteiger partial charge in [-0.3, -0.25) is 4.79 Å². The van der Waals surface area contributed by atoms with E-state index in [-0.39, 0.29) is 29.8 Å². The molecule has 1 fully saturated rings. The molecular weight excluding hydrogens is 377 g/mol. The summed E-state index contributed by atoms with van der Waals surface area (Å²) in [6.07, 6.45) is 0.397. The lowest BCUT2D eigenvalue weighted by atomic mass is 10.0. The zero-order valence-corrected chi connectivity index (χ0v) is 16.0. The predicted molar refractivity (Wildman–Crippen MR) is 107 cm³/mol. The Balaban J connectivity index is 1.74. The Hall–Kier alpha value is -2.73. The second-order valence-electron chi connectivity index (χ2n) is 7.15. The molecular formula is C22H20FNO3S. The van der Waals surface area contributed by atoms with Gasteiger partial charge in [0, 0.05) is 18.2 Å². The van der Waals surface area contributed by atoms with Crippen molar-refractivity contribution in [2.75, 3.05) is 11.5 Å². The molecule has 3 aromatic carbocycles. The van der Waals surface area contributed by atoms with Crippen LogP contribution in [0.5, 0.6) is 0 Å². The van der Waals surface area contributed by atoms with Crippen LogP contribution >= 0.6 is 0 Å². The zero-order chi connectivity index (χ0) is 19.7. The van der Waals surface area contributed by atoms with Crippen LogP contribution in [0.2, 0.25) is 0 Å². The Morgan fingerprint density at radius 1 is 1.04 bits per heavy atom. The highest BCUT2D eigenvalue weighted by atomic mass is 32.2. The highest BCUT2D eigenvalue weighted by molar-refractivity contribution is 7.91. The van der Waals surface area contributed by atoms with E-state index in [9.17, 15) is 17.6 Å². The molecule has 0 saturated carbocycles. The summed E-state index contributed by atoms with van der Waals surface area (Å²) in [5, 5.41) is 1.76. The maximum Gasteiger partial charge on any atom is 0.255 e. The van der Waals surface area contributed by atoms with E-state index < -0.39 is 15.9 Å². The number of fused-ring (bicyclic) bond motifs is 1. The minimum absolute atomic E-state index is 0.0567. The van der Waals surface area contributed by atoms with E-state index in [1.807, 2.05) is 36.4 Å². The van der Waals surface area contributed by atoms with Crippen molar-refractivity contribution in [1.29, 1.82) is 0 Å². The predicted octanol–water partition coefficient (Wildman–Crippen LogP) is 3.81. The van der Waals surface area contributed by atoms with Crippen LogP contribution in [0, 0.1) is 5.82 Å². The van der Waals surface area contributed by atoms with E-state index in [0.717, 1.165) is 10.8 Å². The van der Waals surface area contributed by atoms with Gasteiger partial charge in [-0.2, -0.15) is 0 Å². The SMILES string of the molecule is O=C(c1cccc2ccccc12)N(Cc1cccc(F)c1)C1CCS(=O)(=O)C1. The molecule has 4 rings (SSSR count). The molecule has 0 aliphatic carbocycles. The zero-order valence-electron chi connectivity index (χ0n) is 15.2. The summed E-state index contributed by atoms with van der Waals surface area (Å²) in [4.78, 5) is 15.1. The van der Waals surface area contributed by atoms with Crippen molar-refractivity contribution in [1.82, 2.24) is 4.90 Å². The molecule has 0 spiro atoms. The van der Waals surface area contributed by atoms with Crippen LogP contribution in [0.1, 0.15) is 22.3 Å². The monoisotopic (exact) mass is 397 g/mol. The first-order chi connectivity index (χ1) is 13.4. The third kappa shape index (κ3) is 3.78. The topological polar surface area (TPSA) is 54.5 Å². The highest BCUT2D eigenvalue weighted by Crippen LogP contribution is 2.26. The number of rotatable bonds is 4. The van der Waals surface area contributed by atoms with E-state index in [4.69, 9.17) is 0 Å². The van der Waals surface area contributed by atoms with Gasteiger partial charge in [-0.1, -0.05) is 48.5 Å². The quantitative estimate of drug-likeness (QED) is 0.673. The van der Waals surface area contributed by atoms with Gasteiger partial charge in [-0.05, 0) is 41.0 Å². The van der Waals surface area contributed by atoms with E-state index in [1.54, 1.807) is 23.1 Å². The maximum absolute atomic E-state index is 13.7. The molecule has 0 N–H and O–H groups in total. The Kier molecular flexibility index (Phi) is 4.89. The lowest BCUT2D eigenvalue weighted by molar-refractivity contribution is 0.0683. The van der Waals surface area contributed by atoms with Gasteiger partial charge in [0.05, 0.1) is 11.5 Å². The first kappa shape index (κ1) is 18.6. The van der Waals surface area contributed by atoms with Gasteiger partial charge >= 0.3 is 0 Å². The molecule has 144 valence electrons. The Labute approximate surface area is 163 Å². The molecule has 1 aliphatic rings. The van der Waals surface area contributed by atoms with Crippen LogP contribution in [0.15, 0.2) is 66.7 Å². The molecule has 1 atom stereocenters. The van der Waals surface area contributed by atoms with Crippen LogP contribution in [0.4, 0.5) is 4.39 Å². The molecule has 1 saturated heterocycles. The fourth-order valence-corrected chi connectivity index (χ4v) is 5.52. The third-order valence-electron chi connectivity index (χ3n) is 5.17. The van der Waals surface area contributed by atoms with Crippen LogP contribution in [-0.4, -0.2) is 36.8 Å². The van der Waals surface area contributed by atoms with E-state index in [1.165, 1.54) is 12.1 Å². The molecule has 1 heterocycles. The fraction of sp³-hybridized carbons (Fsp3) is 0.227. The van der Waals surface area contributed by atoms with Crippen molar-refractivity contribution >= 4 is 26.5 Å². The Bertz CT molecular complexity index is 1140. The molecule has 3 aromatic rings. The molecule has 1 aliphatic heterocycles. The lowest BCUT2D eigenvalue weighted by Gasteiger charge is -2.29. The first-order valence-electron chi connectivity index (χ1n) is 9.16. The number of carbonyl (C=O) groups excluding carboxylic acids is 1. The van der Waals surface area contributed by atoms with Crippen molar-refractivity contribution in [3.05, 3.63) is 83.7 Å². The van der Waals surface area contributed by atoms with Crippen molar-refractivity contribution in [3.63, 3.8) is 0 Å². The molecule has 4 nitrogen and oxygen atoms in total. The summed E-state index contributed by atoms with van der Waals surface area (Å²) in [5.74, 6) is -0.601. The van der Waals surface area contributed by atoms with E-state index in [2.05, 4.69) is 0 Å². The molecule has 1 unspecified atom stereocenters. The Morgan fingerprint density at radius 3 is 2.54 bits per heavy atom. The maximum atomic E-state index is 13.7. The molecule has 6 heteroatoms. The summed E-state index contributed by atoms with van der Waals surface area (Å²) >= 11 is 0. The number of hydrogen-bond acceptors (Lipinski definition) is 3. The number of hydrogen-bond donors (Lipinski definition) is 0. The standard InChI is InChI=1S/C22H20FNO3S/c23-18-8-3-5-16(13-18)14-24(19-11-12-28(26,27)15-19)22(25)21-10-4-7-17-6-1-2-9-20(17)21/h1-10,13,19H,11-12,14-15H2. The van der Waals surface area contributed by atoms with E-state index >= 15 is 0 Å². The summed E-state index contributed by atoms with van der Waals surface area (Å²) in [6.45, 7) is 0.167. The number of halogens is 1. The molecule has 1 amide bonds. The number of benzene rings is 3. The molecule has 0 aromatic heterocycles. The summed E-state index contributed by atoms with van der Waals surface area (Å²) in [7, 11) is -3.17. The minimum atomic E-state index is -3.17. The van der Waals surface area contributed by atoms with Crippen molar-refractivity contribution in [2.45, 2.75) is 19.0 Å². The third-order valence-corrected chi connectivity index (χ3v) is 6.92. The van der Waals surface area contributed by atoms with Gasteiger partial charge in [-0.25, -0.2) is 12.8 Å². The number of nitrogens with zero attached hydrogens (tertiary/aromatic N) is 1. The van der Waals surface area contributed by atoms with Gasteiger partial charge in [0.1, 0.15) is 5.82 Å². The fourth-order valence-electron chi connectivity index (χ4n) is 3.79. The van der Waals surface area contributed by atoms with Gasteiger partial charge in [-0.15, -0.1) is 0 Å². The van der Waals surface area contributed by atoms with Crippen LogP contribution < -0.4 is 0 Å². The molecule has 28 heavy (non-hydrogen) atoms. The van der Waals surface area contributed by atoms with Crippen molar-refractivity contribution in [2.24, 2.45) is 0 Å². The smallest absolute Gasteiger partial charge is 0.255 e. The minimum Gasteiger partial charge on any atom is -0.330 e. The first-order valence-corrected chi connectivity index (χ1v) is 11.0. The Morgan fingerprint density at radius 2 is 1.79 bits per heavy atom. The summed E-state index contributed by atoms with van der Waals surface area (Å²) in [6, 6.07) is 18.8. The highest BCUT2D eigenvalue weighted by Gasteiger charge is 2.35. The van der Waals surface area contributed by atoms with Crippen molar-refractivity contribution in [3.8, 4) is 0 Å². The van der Waals surface area contributed by atoms with Gasteiger partial charge in [0.2, 0.25) is 0 Å². The van der Waals surface area contributed by atoms with Crippen LogP contribution in [0.3, 0.4) is 0 Å². The molecule has 0 radical (unpaired) electrons. The second-order valence-corrected chi connectivity index (χ2v) is 9.38. The van der Waals surface area contributed by atoms with Gasteiger partial charge < -0.3 is 4.90 Å². The van der Waals surface area contributed by atoms with Gasteiger partial charge in [0.25, 0.3) is 5.91 Å². The van der Waals surface area contributed by atoms with E-state index in [0.29, 0.717) is 17.5 Å². The lowest BCUT2D eigenvalue weighted by Crippen LogP contribution is -2.40. The largest absolute Gasteiger partial charge is 0.330 e. The number of sulfone groups is 1. The average molecular weight is 397 g/mol. The normalized spacial score (nSPS) is 18.2. The summed E-state index contributed by atoms with van der Waals surface area (Å²) < 4.78 is 37.7.